The lowest BCUT2D eigenvalue weighted by molar-refractivity contribution is -0.117. The van der Waals surface area contributed by atoms with Crippen LogP contribution in [0.3, 0.4) is 0 Å². The van der Waals surface area contributed by atoms with E-state index in [0.29, 0.717) is 32.8 Å². The van der Waals surface area contributed by atoms with Gasteiger partial charge >= 0.3 is 0 Å². The Hall–Kier alpha value is -1.34. The second kappa shape index (κ2) is 11.2. The minimum absolute atomic E-state index is 0. The van der Waals surface area contributed by atoms with Crippen molar-refractivity contribution in [2.75, 3.05) is 38.3 Å². The van der Waals surface area contributed by atoms with Crippen LogP contribution in [-0.2, 0) is 14.3 Å². The van der Waals surface area contributed by atoms with Gasteiger partial charge in [0.25, 0.3) is 0 Å². The maximum Gasteiger partial charge on any atom is 0.226 e. The van der Waals surface area contributed by atoms with Gasteiger partial charge in [0.1, 0.15) is 12.4 Å². The Balaban J connectivity index is 0.00000264. The van der Waals surface area contributed by atoms with Crippen LogP contribution in [0.15, 0.2) is 24.3 Å². The van der Waals surface area contributed by atoms with Crippen LogP contribution in [0.5, 0.6) is 5.75 Å². The minimum atomic E-state index is -0.0667. The van der Waals surface area contributed by atoms with Gasteiger partial charge in [-0.1, -0.05) is 0 Å². The molecule has 0 radical (unpaired) electrons. The first kappa shape index (κ1) is 19.7. The second-order valence-electron chi connectivity index (χ2n) is 5.17. The van der Waals surface area contributed by atoms with Gasteiger partial charge in [-0.3, -0.25) is 4.79 Å². The van der Waals surface area contributed by atoms with Gasteiger partial charge in [0.2, 0.25) is 5.91 Å². The zero-order valence-electron chi connectivity index (χ0n) is 13.2. The van der Waals surface area contributed by atoms with Crippen molar-refractivity contribution >= 4 is 24.0 Å². The molecule has 1 saturated heterocycles. The molecule has 130 valence electrons. The summed E-state index contributed by atoms with van der Waals surface area (Å²) in [6.45, 7) is 2.75. The smallest absolute Gasteiger partial charge is 0.226 e. The number of hydrogen-bond donors (Lipinski definition) is 2. The zero-order chi connectivity index (χ0) is 15.6. The van der Waals surface area contributed by atoms with E-state index in [2.05, 4.69) is 5.32 Å². The van der Waals surface area contributed by atoms with E-state index < -0.39 is 0 Å². The Morgan fingerprint density at radius 3 is 2.74 bits per heavy atom. The number of hydrogen-bond acceptors (Lipinski definition) is 5. The molecule has 1 unspecified atom stereocenters. The number of benzene rings is 1. The fraction of sp³-hybridized carbons (Fsp3) is 0.562. The molecule has 0 aromatic heterocycles. The van der Waals surface area contributed by atoms with Crippen molar-refractivity contribution in [1.29, 1.82) is 0 Å². The van der Waals surface area contributed by atoms with E-state index in [0.717, 1.165) is 30.9 Å². The third-order valence-electron chi connectivity index (χ3n) is 3.33. The van der Waals surface area contributed by atoms with Crippen LogP contribution in [-0.4, -0.2) is 45.0 Å². The molecule has 1 aromatic carbocycles. The zero-order valence-corrected chi connectivity index (χ0v) is 14.0. The lowest BCUT2D eigenvalue weighted by atomic mass is 10.2. The highest BCUT2D eigenvalue weighted by atomic mass is 35.5. The monoisotopic (exact) mass is 344 g/mol. The third-order valence-corrected chi connectivity index (χ3v) is 3.33. The molecule has 1 aliphatic heterocycles. The second-order valence-corrected chi connectivity index (χ2v) is 5.17. The molecule has 1 aliphatic rings. The van der Waals surface area contributed by atoms with Gasteiger partial charge in [0.05, 0.1) is 25.7 Å². The van der Waals surface area contributed by atoms with Gasteiger partial charge < -0.3 is 25.3 Å². The van der Waals surface area contributed by atoms with Gasteiger partial charge in [-0.05, 0) is 37.1 Å². The van der Waals surface area contributed by atoms with Crippen LogP contribution in [0.25, 0.3) is 0 Å². The summed E-state index contributed by atoms with van der Waals surface area (Å²) in [6.07, 6.45) is 2.67. The molecule has 1 aromatic rings. The van der Waals surface area contributed by atoms with Crippen molar-refractivity contribution in [3.63, 3.8) is 0 Å². The summed E-state index contributed by atoms with van der Waals surface area (Å²) in [6, 6.07) is 7.21. The molecule has 2 rings (SSSR count). The fourth-order valence-corrected chi connectivity index (χ4v) is 2.19. The van der Waals surface area contributed by atoms with Crippen LogP contribution in [0, 0.1) is 0 Å². The molecule has 0 aliphatic carbocycles. The molecule has 1 amide bonds. The van der Waals surface area contributed by atoms with Crippen LogP contribution in [0.2, 0.25) is 0 Å². The topological polar surface area (TPSA) is 82.8 Å². The summed E-state index contributed by atoms with van der Waals surface area (Å²) >= 11 is 0. The van der Waals surface area contributed by atoms with Gasteiger partial charge in [0, 0.05) is 18.8 Å². The van der Waals surface area contributed by atoms with Crippen LogP contribution in [0.4, 0.5) is 5.69 Å². The van der Waals surface area contributed by atoms with E-state index in [1.54, 1.807) is 24.3 Å². The molecular formula is C16H25ClN2O4. The standard InChI is InChI=1S/C16H24N2O4.ClH/c17-8-11-22-14-5-3-13(4-6-14)18-16(19)7-10-20-12-15-2-1-9-21-15;/h3-6,15H,1-2,7-12,17H2,(H,18,19);1H. The number of nitrogens with one attached hydrogen (secondary N) is 1. The van der Waals surface area contributed by atoms with E-state index in [1.165, 1.54) is 0 Å². The Kier molecular flexibility index (Phi) is 9.63. The minimum Gasteiger partial charge on any atom is -0.492 e. The first-order valence-corrected chi connectivity index (χ1v) is 7.70. The molecule has 0 saturated carbocycles. The Morgan fingerprint density at radius 1 is 1.30 bits per heavy atom. The number of carbonyl (C=O) groups excluding carboxylic acids is 1. The average Bonchev–Trinajstić information content (AvgIpc) is 3.04. The van der Waals surface area contributed by atoms with Crippen LogP contribution >= 0.6 is 12.4 Å². The van der Waals surface area contributed by atoms with Gasteiger partial charge in [0.15, 0.2) is 0 Å². The van der Waals surface area contributed by atoms with Crippen molar-refractivity contribution < 1.29 is 19.0 Å². The van der Waals surface area contributed by atoms with Crippen LogP contribution in [0.1, 0.15) is 19.3 Å². The molecule has 1 atom stereocenters. The molecule has 0 bridgehead atoms. The Labute approximate surface area is 143 Å². The van der Waals surface area contributed by atoms with E-state index in [1.807, 2.05) is 0 Å². The van der Waals surface area contributed by atoms with E-state index in [-0.39, 0.29) is 24.4 Å². The van der Waals surface area contributed by atoms with E-state index >= 15 is 0 Å². The molecule has 0 spiro atoms. The van der Waals surface area contributed by atoms with Crippen LogP contribution < -0.4 is 15.8 Å². The van der Waals surface area contributed by atoms with Gasteiger partial charge in [-0.15, -0.1) is 12.4 Å². The maximum atomic E-state index is 11.8. The SMILES string of the molecule is Cl.NCCOc1ccc(NC(=O)CCOCC2CCCO2)cc1. The predicted octanol–water partition coefficient (Wildman–Crippen LogP) is 1.97. The van der Waals surface area contributed by atoms with Crippen molar-refractivity contribution in [1.82, 2.24) is 0 Å². The predicted molar refractivity (Wildman–Crippen MR) is 91.3 cm³/mol. The lowest BCUT2D eigenvalue weighted by Gasteiger charge is -2.10. The summed E-state index contributed by atoms with van der Waals surface area (Å²) in [5, 5.41) is 2.82. The first-order valence-electron chi connectivity index (χ1n) is 7.70. The summed E-state index contributed by atoms with van der Waals surface area (Å²) in [4.78, 5) is 11.8. The summed E-state index contributed by atoms with van der Waals surface area (Å²) in [5.41, 5.74) is 6.11. The van der Waals surface area contributed by atoms with Crippen molar-refractivity contribution in [3.05, 3.63) is 24.3 Å². The number of carbonyl (C=O) groups is 1. The average molecular weight is 345 g/mol. The lowest BCUT2D eigenvalue weighted by Crippen LogP contribution is -2.18. The number of ether oxygens (including phenoxy) is 3. The fourth-order valence-electron chi connectivity index (χ4n) is 2.19. The highest BCUT2D eigenvalue weighted by molar-refractivity contribution is 5.90. The van der Waals surface area contributed by atoms with Gasteiger partial charge in [-0.25, -0.2) is 0 Å². The highest BCUT2D eigenvalue weighted by Gasteiger charge is 2.15. The molecule has 1 heterocycles. The normalized spacial score (nSPS) is 16.7. The molecular weight excluding hydrogens is 320 g/mol. The summed E-state index contributed by atoms with van der Waals surface area (Å²) < 4.78 is 16.3. The Bertz CT molecular complexity index is 450. The van der Waals surface area contributed by atoms with Gasteiger partial charge in [-0.2, -0.15) is 0 Å². The van der Waals surface area contributed by atoms with Crippen molar-refractivity contribution in [2.24, 2.45) is 5.73 Å². The molecule has 23 heavy (non-hydrogen) atoms. The molecule has 7 heteroatoms. The highest BCUT2D eigenvalue weighted by Crippen LogP contribution is 2.16. The van der Waals surface area contributed by atoms with E-state index in [9.17, 15) is 4.79 Å². The number of anilines is 1. The molecule has 3 N–H and O–H groups in total. The number of amides is 1. The molecule has 6 nitrogen and oxygen atoms in total. The van der Waals surface area contributed by atoms with Crippen molar-refractivity contribution in [2.45, 2.75) is 25.4 Å². The van der Waals surface area contributed by atoms with Crippen molar-refractivity contribution in [3.8, 4) is 5.75 Å². The van der Waals surface area contributed by atoms with E-state index in [4.69, 9.17) is 19.9 Å². The number of rotatable bonds is 9. The Morgan fingerprint density at radius 2 is 2.09 bits per heavy atom. The quantitative estimate of drug-likeness (QED) is 0.669. The largest absolute Gasteiger partial charge is 0.492 e. The summed E-state index contributed by atoms with van der Waals surface area (Å²) in [7, 11) is 0. The third kappa shape index (κ3) is 7.65. The summed E-state index contributed by atoms with van der Waals surface area (Å²) in [5.74, 6) is 0.673. The molecule has 1 fully saturated rings. The number of halogens is 1. The maximum absolute atomic E-state index is 11.8. The number of nitrogens with two attached hydrogens (primary N) is 1. The first-order chi connectivity index (χ1) is 10.8.